The van der Waals surface area contributed by atoms with Crippen LogP contribution < -0.4 is 21.4 Å². The Labute approximate surface area is 245 Å². The summed E-state index contributed by atoms with van der Waals surface area (Å²) in [5.41, 5.74) is 0.240. The van der Waals surface area contributed by atoms with Crippen LogP contribution in [-0.2, 0) is 27.3 Å². The molecule has 0 saturated carbocycles. The molecule has 0 spiro atoms. The summed E-state index contributed by atoms with van der Waals surface area (Å²) in [6, 6.07) is 16.9. The lowest BCUT2D eigenvalue weighted by molar-refractivity contribution is -0.139. The molecule has 0 amide bonds. The van der Waals surface area contributed by atoms with Gasteiger partial charge in [-0.2, -0.15) is 4.98 Å². The van der Waals surface area contributed by atoms with Crippen molar-refractivity contribution in [2.45, 2.75) is 38.8 Å². The van der Waals surface area contributed by atoms with Gasteiger partial charge >= 0.3 is 17.3 Å². The Morgan fingerprint density at radius 3 is 2.38 bits per heavy atom. The van der Waals surface area contributed by atoms with E-state index in [-0.39, 0.29) is 31.3 Å². The van der Waals surface area contributed by atoms with Crippen molar-refractivity contribution in [2.24, 2.45) is 0 Å². The van der Waals surface area contributed by atoms with E-state index in [2.05, 4.69) is 20.0 Å². The first-order valence-corrected chi connectivity index (χ1v) is 13.4. The average molecular weight is 594 g/mol. The fourth-order valence-corrected chi connectivity index (χ4v) is 4.42. The number of hydrogen-bond donors (Lipinski definition) is 1. The molecule has 5 rings (SSSR count). The summed E-state index contributed by atoms with van der Waals surface area (Å²) in [5, 5.41) is 3.64. The lowest BCUT2D eigenvalue weighted by Crippen LogP contribution is -2.45. The Morgan fingerprint density at radius 1 is 1.05 bits per heavy atom. The highest BCUT2D eigenvalue weighted by Crippen LogP contribution is 2.25. The highest BCUT2D eigenvalue weighted by molar-refractivity contribution is 6.30. The molecule has 0 bridgehead atoms. The van der Waals surface area contributed by atoms with Gasteiger partial charge in [0.15, 0.2) is 5.79 Å². The standard InChI is InChI=1S/C29H28ClN5O7/c1-29(2)40-17-23(42-29)16-35-27(37)33-26(34(28(35)38)15-18-4-6-19(30)7-5-18)32-20-8-10-21(11-9-20)41-22-12-13-24(31-14-22)25(36)39-3/h4-14,23H,15-17H2,1-3H3,(H,32,33,37)/t23-/m0/s1. The van der Waals surface area contributed by atoms with Crippen molar-refractivity contribution in [3.8, 4) is 11.5 Å². The SMILES string of the molecule is COC(=O)c1ccc(Oc2ccc(Nc3nc(=O)n(C[C@H]4COC(C)(C)O4)c(=O)n3Cc3ccc(Cl)cc3)cc2)cn1. The molecule has 218 valence electrons. The number of methoxy groups -OCH3 is 1. The first-order chi connectivity index (χ1) is 20.1. The molecule has 12 nitrogen and oxygen atoms in total. The molecule has 0 aliphatic carbocycles. The predicted octanol–water partition coefficient (Wildman–Crippen LogP) is 3.98. The van der Waals surface area contributed by atoms with Gasteiger partial charge in [-0.3, -0.25) is 4.57 Å². The van der Waals surface area contributed by atoms with Gasteiger partial charge in [-0.05, 0) is 67.9 Å². The molecule has 42 heavy (non-hydrogen) atoms. The van der Waals surface area contributed by atoms with Gasteiger partial charge in [0.25, 0.3) is 0 Å². The first kappa shape index (κ1) is 29.0. The fourth-order valence-electron chi connectivity index (χ4n) is 4.29. The van der Waals surface area contributed by atoms with Crippen LogP contribution in [0.1, 0.15) is 29.9 Å². The number of nitrogens with one attached hydrogen (secondary N) is 1. The van der Waals surface area contributed by atoms with Crippen LogP contribution in [0.25, 0.3) is 0 Å². The van der Waals surface area contributed by atoms with Gasteiger partial charge in [-0.25, -0.2) is 23.9 Å². The summed E-state index contributed by atoms with van der Waals surface area (Å²) in [7, 11) is 1.28. The summed E-state index contributed by atoms with van der Waals surface area (Å²) in [5.74, 6) is -0.360. The number of halogens is 1. The van der Waals surface area contributed by atoms with Gasteiger partial charge in [0, 0.05) is 10.7 Å². The maximum Gasteiger partial charge on any atom is 0.356 e. The van der Waals surface area contributed by atoms with Gasteiger partial charge in [-0.15, -0.1) is 0 Å². The molecule has 1 fully saturated rings. The zero-order chi connectivity index (χ0) is 29.9. The third kappa shape index (κ3) is 6.85. The quantitative estimate of drug-likeness (QED) is 0.284. The topological polar surface area (TPSA) is 136 Å². The molecule has 2 aromatic carbocycles. The van der Waals surface area contributed by atoms with Crippen LogP contribution in [0, 0.1) is 0 Å². The van der Waals surface area contributed by atoms with Crippen molar-refractivity contribution in [1.29, 1.82) is 0 Å². The van der Waals surface area contributed by atoms with Crippen molar-refractivity contribution in [3.05, 3.63) is 104 Å². The Kier molecular flexibility index (Phi) is 8.39. The molecule has 1 atom stereocenters. The van der Waals surface area contributed by atoms with E-state index in [0.29, 0.717) is 22.2 Å². The van der Waals surface area contributed by atoms with Gasteiger partial charge < -0.3 is 24.3 Å². The number of carbonyl (C=O) groups is 1. The fraction of sp³-hybridized carbons (Fsp3) is 0.276. The number of hydrogen-bond acceptors (Lipinski definition) is 10. The van der Waals surface area contributed by atoms with Gasteiger partial charge in [0.1, 0.15) is 23.3 Å². The lowest BCUT2D eigenvalue weighted by Gasteiger charge is -2.19. The van der Waals surface area contributed by atoms with Crippen LogP contribution >= 0.6 is 11.6 Å². The number of pyridine rings is 1. The molecule has 0 unspecified atom stereocenters. The predicted molar refractivity (Wildman–Crippen MR) is 154 cm³/mol. The monoisotopic (exact) mass is 593 g/mol. The number of rotatable bonds is 9. The van der Waals surface area contributed by atoms with Crippen LogP contribution in [0.5, 0.6) is 11.5 Å². The van der Waals surface area contributed by atoms with Crippen LogP contribution in [-0.4, -0.2) is 50.7 Å². The Hall–Kier alpha value is -4.52. The lowest BCUT2D eigenvalue weighted by atomic mass is 10.2. The van der Waals surface area contributed by atoms with Crippen molar-refractivity contribution in [1.82, 2.24) is 19.1 Å². The van der Waals surface area contributed by atoms with Gasteiger partial charge in [-0.1, -0.05) is 23.7 Å². The summed E-state index contributed by atoms with van der Waals surface area (Å²) >= 11 is 6.04. The van der Waals surface area contributed by atoms with Crippen molar-refractivity contribution in [2.75, 3.05) is 19.0 Å². The highest BCUT2D eigenvalue weighted by Gasteiger charge is 2.33. The zero-order valence-corrected chi connectivity index (χ0v) is 23.8. The van der Waals surface area contributed by atoms with Crippen molar-refractivity contribution < 1.29 is 23.7 Å². The van der Waals surface area contributed by atoms with Gasteiger partial charge in [0.2, 0.25) is 5.95 Å². The minimum absolute atomic E-state index is 0.00348. The molecule has 1 aliphatic heterocycles. The molecule has 4 aromatic rings. The number of aromatic nitrogens is 4. The van der Waals surface area contributed by atoms with E-state index in [9.17, 15) is 14.4 Å². The van der Waals surface area contributed by atoms with Crippen LogP contribution in [0.3, 0.4) is 0 Å². The molecule has 2 aromatic heterocycles. The second-order valence-electron chi connectivity index (χ2n) is 9.90. The number of ether oxygens (including phenoxy) is 4. The number of nitrogens with zero attached hydrogens (tertiary/aromatic N) is 4. The third-order valence-corrected chi connectivity index (χ3v) is 6.59. The van der Waals surface area contributed by atoms with E-state index in [4.69, 9.17) is 25.8 Å². The molecular weight excluding hydrogens is 566 g/mol. The first-order valence-electron chi connectivity index (χ1n) is 13.0. The van der Waals surface area contributed by atoms with Crippen molar-refractivity contribution in [3.63, 3.8) is 0 Å². The minimum atomic E-state index is -0.801. The normalized spacial score (nSPS) is 15.8. The smallest absolute Gasteiger partial charge is 0.356 e. The molecule has 1 saturated heterocycles. The maximum atomic E-state index is 13.6. The zero-order valence-electron chi connectivity index (χ0n) is 23.1. The van der Waals surface area contributed by atoms with Crippen LogP contribution in [0.15, 0.2) is 76.4 Å². The van der Waals surface area contributed by atoms with Crippen molar-refractivity contribution >= 4 is 29.2 Å². The van der Waals surface area contributed by atoms with Crippen LogP contribution in [0.2, 0.25) is 5.02 Å². The Bertz CT molecular complexity index is 1680. The number of carbonyl (C=O) groups excluding carboxylic acids is 1. The molecule has 0 radical (unpaired) electrons. The molecule has 1 aliphatic rings. The molecule has 1 N–H and O–H groups in total. The van der Waals surface area contributed by atoms with Gasteiger partial charge in [0.05, 0.1) is 33.0 Å². The molecular formula is C29H28ClN5O7. The van der Waals surface area contributed by atoms with E-state index >= 15 is 0 Å². The number of esters is 1. The Morgan fingerprint density at radius 2 is 1.76 bits per heavy atom. The second kappa shape index (κ2) is 12.1. The van der Waals surface area contributed by atoms with E-state index in [0.717, 1.165) is 10.1 Å². The summed E-state index contributed by atoms with van der Waals surface area (Å²) in [6.07, 6.45) is 0.936. The minimum Gasteiger partial charge on any atom is -0.464 e. The maximum absolute atomic E-state index is 13.6. The van der Waals surface area contributed by atoms with Crippen LogP contribution in [0.4, 0.5) is 11.6 Å². The molecule has 13 heteroatoms. The molecule has 3 heterocycles. The highest BCUT2D eigenvalue weighted by atomic mass is 35.5. The third-order valence-electron chi connectivity index (χ3n) is 6.33. The van der Waals surface area contributed by atoms with E-state index < -0.39 is 29.2 Å². The second-order valence-corrected chi connectivity index (χ2v) is 10.3. The number of benzene rings is 2. The summed E-state index contributed by atoms with van der Waals surface area (Å²) < 4.78 is 24.3. The van der Waals surface area contributed by atoms with E-state index in [1.54, 1.807) is 68.4 Å². The van der Waals surface area contributed by atoms with E-state index in [1.807, 2.05) is 0 Å². The largest absolute Gasteiger partial charge is 0.464 e. The number of anilines is 2. The Balaban J connectivity index is 1.39. The van der Waals surface area contributed by atoms with E-state index in [1.165, 1.54) is 23.9 Å². The summed E-state index contributed by atoms with van der Waals surface area (Å²) in [6.45, 7) is 3.92. The summed E-state index contributed by atoms with van der Waals surface area (Å²) in [4.78, 5) is 46.5. The average Bonchev–Trinajstić information content (AvgIpc) is 3.33.